The molecule has 14 nitrogen and oxygen atoms in total. The van der Waals surface area contributed by atoms with Crippen molar-refractivity contribution in [1.29, 1.82) is 0 Å². The average Bonchev–Trinajstić information content (AvgIpc) is 3.34. The highest BCUT2D eigenvalue weighted by molar-refractivity contribution is 8.13. The number of hydrogen-bond acceptors (Lipinski definition) is 14. The van der Waals surface area contributed by atoms with Crippen LogP contribution in [0.3, 0.4) is 0 Å². The molecule has 0 unspecified atom stereocenters. The SMILES string of the molecule is CCCCCCCCC(=O)OCC(COCCCN(CCC(=O)OCC(COC(=O)CCCCCCCC)COC(=O)CCCCCCCC)C(=O)SCCN(C)C)COC(=O)CCCCCCCC. The minimum atomic E-state index is -0.529. The first-order valence-corrected chi connectivity index (χ1v) is 28.9. The van der Waals surface area contributed by atoms with E-state index in [0.717, 1.165) is 103 Å². The quantitative estimate of drug-likeness (QED) is 0.0321. The van der Waals surface area contributed by atoms with Crippen molar-refractivity contribution in [2.24, 2.45) is 11.8 Å². The Morgan fingerprint density at radius 2 is 0.686 bits per heavy atom. The first-order valence-electron chi connectivity index (χ1n) is 27.9. The van der Waals surface area contributed by atoms with Crippen LogP contribution < -0.4 is 0 Å². The second-order valence-corrected chi connectivity index (χ2v) is 20.3. The van der Waals surface area contributed by atoms with E-state index in [-0.39, 0.29) is 87.6 Å². The van der Waals surface area contributed by atoms with Crippen LogP contribution in [0.1, 0.15) is 220 Å². The summed E-state index contributed by atoms with van der Waals surface area (Å²) in [5.74, 6) is -1.99. The topological polar surface area (TPSA) is 164 Å². The molecular weight excluding hydrogens is 913 g/mol. The van der Waals surface area contributed by atoms with Crippen LogP contribution in [0.5, 0.6) is 0 Å². The molecule has 0 saturated carbocycles. The number of rotatable bonds is 50. The normalized spacial score (nSPS) is 11.3. The fourth-order valence-electron chi connectivity index (χ4n) is 7.44. The van der Waals surface area contributed by atoms with Gasteiger partial charge in [-0.05, 0) is 46.2 Å². The molecule has 410 valence electrons. The molecule has 0 rings (SSSR count). The minimum Gasteiger partial charge on any atom is -0.465 e. The van der Waals surface area contributed by atoms with Crippen molar-refractivity contribution in [2.75, 3.05) is 85.7 Å². The van der Waals surface area contributed by atoms with Gasteiger partial charge in [0.15, 0.2) is 0 Å². The summed E-state index contributed by atoms with van der Waals surface area (Å²) in [6.07, 6.45) is 27.2. The van der Waals surface area contributed by atoms with E-state index in [1.807, 2.05) is 19.0 Å². The molecule has 0 saturated heterocycles. The molecule has 0 aromatic heterocycles. The lowest BCUT2D eigenvalue weighted by molar-refractivity contribution is -0.154. The van der Waals surface area contributed by atoms with Crippen molar-refractivity contribution in [3.8, 4) is 0 Å². The third-order valence-corrected chi connectivity index (χ3v) is 12.9. The Hall–Kier alpha value is -2.91. The Labute approximate surface area is 430 Å². The molecule has 15 heteroatoms. The highest BCUT2D eigenvalue weighted by atomic mass is 32.2. The van der Waals surface area contributed by atoms with Gasteiger partial charge in [0.05, 0.1) is 38.1 Å². The van der Waals surface area contributed by atoms with Gasteiger partial charge in [-0.15, -0.1) is 0 Å². The number of amides is 1. The average molecular weight is 1020 g/mol. The van der Waals surface area contributed by atoms with Gasteiger partial charge >= 0.3 is 29.8 Å². The Morgan fingerprint density at radius 1 is 0.371 bits per heavy atom. The molecule has 0 aliphatic rings. The van der Waals surface area contributed by atoms with Crippen LogP contribution >= 0.6 is 11.8 Å². The summed E-state index contributed by atoms with van der Waals surface area (Å²) < 4.78 is 34.0. The maximum Gasteiger partial charge on any atom is 0.307 e. The Morgan fingerprint density at radius 3 is 1.03 bits per heavy atom. The van der Waals surface area contributed by atoms with E-state index in [9.17, 15) is 28.8 Å². The Balaban J connectivity index is 5.39. The molecule has 0 radical (unpaired) electrons. The van der Waals surface area contributed by atoms with Crippen LogP contribution in [0.15, 0.2) is 0 Å². The van der Waals surface area contributed by atoms with Gasteiger partial charge in [0.2, 0.25) is 0 Å². The predicted octanol–water partition coefficient (Wildman–Crippen LogP) is 12.5. The number of hydrogen-bond donors (Lipinski definition) is 0. The van der Waals surface area contributed by atoms with Crippen LogP contribution in [-0.2, 0) is 52.4 Å². The van der Waals surface area contributed by atoms with Gasteiger partial charge < -0.3 is 38.2 Å². The molecule has 0 aromatic carbocycles. The van der Waals surface area contributed by atoms with Gasteiger partial charge in [-0.3, -0.25) is 28.8 Å². The lowest BCUT2D eigenvalue weighted by Gasteiger charge is -2.23. The Kier molecular flexibility index (Phi) is 47.6. The molecule has 0 aromatic rings. The van der Waals surface area contributed by atoms with Crippen LogP contribution in [-0.4, -0.2) is 131 Å². The van der Waals surface area contributed by atoms with Crippen LogP contribution in [0.2, 0.25) is 0 Å². The molecule has 0 fully saturated rings. The van der Waals surface area contributed by atoms with Gasteiger partial charge in [-0.25, -0.2) is 0 Å². The van der Waals surface area contributed by atoms with Crippen molar-refractivity contribution < 1.29 is 57.2 Å². The van der Waals surface area contributed by atoms with Crippen LogP contribution in [0.4, 0.5) is 4.79 Å². The van der Waals surface area contributed by atoms with E-state index >= 15 is 0 Å². The number of ether oxygens (including phenoxy) is 6. The van der Waals surface area contributed by atoms with Gasteiger partial charge in [0, 0.05) is 57.7 Å². The standard InChI is InChI=1S/C55H102N2O12S/c1-7-11-15-19-23-27-32-50(58)65-43-48(44-66-51(59)33-28-24-20-16-12-8-2)42-64-40-31-37-57(55(63)70-41-39-56(5)6)38-36-54(62)69-47-49(45-67-52(60)34-29-25-21-17-13-9-3)46-68-53(61)35-30-26-22-18-14-10-4/h48-49H,7-47H2,1-6H3. The van der Waals surface area contributed by atoms with Gasteiger partial charge in [0.1, 0.15) is 19.8 Å². The second kappa shape index (κ2) is 49.7. The smallest absolute Gasteiger partial charge is 0.307 e. The Bertz CT molecular complexity index is 1240. The summed E-state index contributed by atoms with van der Waals surface area (Å²) in [6.45, 7) is 10.3. The largest absolute Gasteiger partial charge is 0.465 e. The molecule has 0 spiro atoms. The molecule has 1 amide bonds. The first kappa shape index (κ1) is 67.1. The molecule has 0 aliphatic heterocycles. The number of nitrogens with zero attached hydrogens (tertiary/aromatic N) is 2. The lowest BCUT2D eigenvalue weighted by Crippen LogP contribution is -2.33. The fraction of sp³-hybridized carbons (Fsp3) is 0.891. The third-order valence-electron chi connectivity index (χ3n) is 12.0. The number of thioether (sulfide) groups is 1. The summed E-state index contributed by atoms with van der Waals surface area (Å²) in [5.41, 5.74) is 0. The number of carbonyl (C=O) groups is 6. The minimum absolute atomic E-state index is 0.0382. The highest BCUT2D eigenvalue weighted by Crippen LogP contribution is 2.15. The monoisotopic (exact) mass is 1010 g/mol. The molecule has 0 bridgehead atoms. The summed E-state index contributed by atoms with van der Waals surface area (Å²) in [5, 5.41) is -0.158. The zero-order valence-corrected chi connectivity index (χ0v) is 46.2. The third kappa shape index (κ3) is 45.0. The van der Waals surface area contributed by atoms with Gasteiger partial charge in [-0.1, -0.05) is 168 Å². The second-order valence-electron chi connectivity index (χ2n) is 19.3. The zero-order valence-electron chi connectivity index (χ0n) is 45.3. The van der Waals surface area contributed by atoms with Crippen molar-refractivity contribution in [1.82, 2.24) is 9.80 Å². The summed E-state index contributed by atoms with van der Waals surface area (Å²) in [7, 11) is 3.88. The van der Waals surface area contributed by atoms with E-state index in [2.05, 4.69) is 27.7 Å². The van der Waals surface area contributed by atoms with E-state index in [1.165, 1.54) is 63.1 Å². The van der Waals surface area contributed by atoms with Crippen molar-refractivity contribution >= 4 is 46.8 Å². The summed E-state index contributed by atoms with van der Waals surface area (Å²) >= 11 is 1.19. The fourth-order valence-corrected chi connectivity index (χ4v) is 8.43. The molecular formula is C55H102N2O12S. The zero-order chi connectivity index (χ0) is 51.7. The first-order chi connectivity index (χ1) is 33.9. The van der Waals surface area contributed by atoms with E-state index in [0.29, 0.717) is 57.6 Å². The van der Waals surface area contributed by atoms with E-state index < -0.39 is 11.9 Å². The van der Waals surface area contributed by atoms with Crippen LogP contribution in [0, 0.1) is 11.8 Å². The van der Waals surface area contributed by atoms with Crippen molar-refractivity contribution in [3.05, 3.63) is 0 Å². The lowest BCUT2D eigenvalue weighted by atomic mass is 10.1. The highest BCUT2D eigenvalue weighted by Gasteiger charge is 2.21. The van der Waals surface area contributed by atoms with Crippen molar-refractivity contribution in [2.45, 2.75) is 220 Å². The van der Waals surface area contributed by atoms with Gasteiger partial charge in [0.25, 0.3) is 5.24 Å². The van der Waals surface area contributed by atoms with Crippen LogP contribution in [0.25, 0.3) is 0 Å². The van der Waals surface area contributed by atoms with Crippen molar-refractivity contribution in [3.63, 3.8) is 0 Å². The molecule has 0 heterocycles. The summed E-state index contributed by atoms with van der Waals surface area (Å²) in [4.78, 5) is 80.6. The number of esters is 5. The maximum atomic E-state index is 13.4. The van der Waals surface area contributed by atoms with E-state index in [1.54, 1.807) is 4.90 Å². The molecule has 0 N–H and O–H groups in total. The number of carbonyl (C=O) groups excluding carboxylic acids is 6. The molecule has 0 atom stereocenters. The van der Waals surface area contributed by atoms with E-state index in [4.69, 9.17) is 28.4 Å². The molecule has 0 aliphatic carbocycles. The molecule has 70 heavy (non-hydrogen) atoms. The predicted molar refractivity (Wildman–Crippen MR) is 282 cm³/mol. The summed E-state index contributed by atoms with van der Waals surface area (Å²) in [6, 6.07) is 0. The number of unbranched alkanes of at least 4 members (excludes halogenated alkanes) is 20. The maximum absolute atomic E-state index is 13.4. The van der Waals surface area contributed by atoms with Gasteiger partial charge in [-0.2, -0.15) is 0 Å².